The molecule has 24 heavy (non-hydrogen) atoms. The molecule has 1 N–H and O–H groups in total. The fourth-order valence-corrected chi connectivity index (χ4v) is 2.91. The number of likely N-dealkylation sites (tertiary alicyclic amines) is 1. The van der Waals surface area contributed by atoms with Gasteiger partial charge in [-0.25, -0.2) is 4.98 Å². The molecule has 0 aromatic carbocycles. The molecule has 0 unspecified atom stereocenters. The number of piperidine rings is 1. The highest BCUT2D eigenvalue weighted by atomic mass is 16.5. The second kappa shape index (κ2) is 6.86. The lowest BCUT2D eigenvalue weighted by atomic mass is 9.95. The summed E-state index contributed by atoms with van der Waals surface area (Å²) in [6.07, 6.45) is 1.68. The second-order valence-corrected chi connectivity index (χ2v) is 5.76. The molecular formula is C16H21N5O3. The number of H-pyrrole nitrogens is 1. The van der Waals surface area contributed by atoms with Crippen LogP contribution in [-0.2, 0) is 0 Å². The number of nitrogens with one attached hydrogen (secondary N) is 1. The van der Waals surface area contributed by atoms with Crippen molar-refractivity contribution in [1.29, 1.82) is 0 Å². The molecule has 0 saturated carbocycles. The van der Waals surface area contributed by atoms with E-state index in [9.17, 15) is 4.79 Å². The number of hydrogen-bond donors (Lipinski definition) is 1. The van der Waals surface area contributed by atoms with Crippen molar-refractivity contribution in [2.45, 2.75) is 25.7 Å². The van der Waals surface area contributed by atoms with Gasteiger partial charge in [0.05, 0.1) is 14.2 Å². The molecule has 1 amide bonds. The highest BCUT2D eigenvalue weighted by Crippen LogP contribution is 2.28. The Morgan fingerprint density at radius 3 is 2.54 bits per heavy atom. The Kier molecular flexibility index (Phi) is 4.64. The molecule has 0 radical (unpaired) electrons. The first-order valence-electron chi connectivity index (χ1n) is 7.89. The van der Waals surface area contributed by atoms with Gasteiger partial charge in [-0.1, -0.05) is 0 Å². The molecule has 0 bridgehead atoms. The van der Waals surface area contributed by atoms with E-state index < -0.39 is 0 Å². The zero-order chi connectivity index (χ0) is 17.1. The van der Waals surface area contributed by atoms with Crippen LogP contribution in [0.4, 0.5) is 0 Å². The normalized spacial score (nSPS) is 15.4. The van der Waals surface area contributed by atoms with E-state index in [2.05, 4.69) is 20.2 Å². The largest absolute Gasteiger partial charge is 0.481 e. The summed E-state index contributed by atoms with van der Waals surface area (Å²) in [6.45, 7) is 3.21. The topological polar surface area (TPSA) is 93.2 Å². The SMILES string of the molecule is COc1ccc(C(=O)N2CCC(c3n[nH]c(C)n3)CC2)c(OC)n1. The van der Waals surface area contributed by atoms with Gasteiger partial charge in [0.1, 0.15) is 11.4 Å². The van der Waals surface area contributed by atoms with Crippen molar-refractivity contribution in [1.82, 2.24) is 25.1 Å². The highest BCUT2D eigenvalue weighted by molar-refractivity contribution is 5.96. The summed E-state index contributed by atoms with van der Waals surface area (Å²) in [4.78, 5) is 23.1. The van der Waals surface area contributed by atoms with Crippen LogP contribution in [0, 0.1) is 6.92 Å². The Hall–Kier alpha value is -2.64. The molecule has 2 aromatic heterocycles. The number of rotatable bonds is 4. The Labute approximate surface area is 140 Å². The van der Waals surface area contributed by atoms with Crippen molar-refractivity contribution < 1.29 is 14.3 Å². The lowest BCUT2D eigenvalue weighted by Gasteiger charge is -2.31. The summed E-state index contributed by atoms with van der Waals surface area (Å²) >= 11 is 0. The number of pyridine rings is 1. The first-order chi connectivity index (χ1) is 11.6. The maximum Gasteiger partial charge on any atom is 0.259 e. The van der Waals surface area contributed by atoms with Crippen LogP contribution in [0.15, 0.2) is 12.1 Å². The van der Waals surface area contributed by atoms with Crippen molar-refractivity contribution in [3.8, 4) is 11.8 Å². The number of aromatic amines is 1. The molecule has 3 heterocycles. The number of hydrogen-bond acceptors (Lipinski definition) is 6. The minimum Gasteiger partial charge on any atom is -0.481 e. The molecule has 0 atom stereocenters. The van der Waals surface area contributed by atoms with E-state index >= 15 is 0 Å². The summed E-state index contributed by atoms with van der Waals surface area (Å²) in [6, 6.07) is 3.36. The Balaban J connectivity index is 1.69. The Morgan fingerprint density at radius 1 is 1.21 bits per heavy atom. The van der Waals surface area contributed by atoms with Crippen LogP contribution < -0.4 is 9.47 Å². The van der Waals surface area contributed by atoms with Crippen LogP contribution in [0.5, 0.6) is 11.8 Å². The number of methoxy groups -OCH3 is 2. The van der Waals surface area contributed by atoms with Gasteiger partial charge in [-0.3, -0.25) is 9.89 Å². The van der Waals surface area contributed by atoms with Gasteiger partial charge in [-0.2, -0.15) is 10.1 Å². The van der Waals surface area contributed by atoms with Crippen LogP contribution in [-0.4, -0.2) is 58.3 Å². The molecule has 0 aliphatic carbocycles. The fourth-order valence-electron chi connectivity index (χ4n) is 2.91. The minimum atomic E-state index is -0.0772. The fraction of sp³-hybridized carbons (Fsp3) is 0.500. The smallest absolute Gasteiger partial charge is 0.259 e. The second-order valence-electron chi connectivity index (χ2n) is 5.76. The van der Waals surface area contributed by atoms with Gasteiger partial charge in [0.25, 0.3) is 5.91 Å². The predicted molar refractivity (Wildman–Crippen MR) is 86.3 cm³/mol. The van der Waals surface area contributed by atoms with Gasteiger partial charge in [-0.15, -0.1) is 0 Å². The number of nitrogens with zero attached hydrogens (tertiary/aromatic N) is 4. The number of ether oxygens (including phenoxy) is 2. The van der Waals surface area contributed by atoms with Crippen molar-refractivity contribution in [2.24, 2.45) is 0 Å². The molecule has 8 heteroatoms. The molecular weight excluding hydrogens is 310 g/mol. The summed E-state index contributed by atoms with van der Waals surface area (Å²) < 4.78 is 10.3. The molecule has 0 spiro atoms. The molecule has 3 rings (SSSR count). The zero-order valence-corrected chi connectivity index (χ0v) is 14.1. The molecule has 1 aliphatic rings. The molecule has 1 saturated heterocycles. The lowest BCUT2D eigenvalue weighted by Crippen LogP contribution is -2.38. The van der Waals surface area contributed by atoms with Crippen LogP contribution in [0.3, 0.4) is 0 Å². The van der Waals surface area contributed by atoms with Crippen LogP contribution in [0.25, 0.3) is 0 Å². The van der Waals surface area contributed by atoms with E-state index in [1.165, 1.54) is 14.2 Å². The Morgan fingerprint density at radius 2 is 1.96 bits per heavy atom. The van der Waals surface area contributed by atoms with Crippen molar-refractivity contribution in [3.05, 3.63) is 29.3 Å². The van der Waals surface area contributed by atoms with Gasteiger partial charge in [-0.05, 0) is 25.8 Å². The van der Waals surface area contributed by atoms with E-state index in [1.54, 1.807) is 12.1 Å². The van der Waals surface area contributed by atoms with Gasteiger partial charge in [0.15, 0.2) is 5.82 Å². The van der Waals surface area contributed by atoms with Crippen LogP contribution in [0.2, 0.25) is 0 Å². The number of carbonyl (C=O) groups is 1. The van der Waals surface area contributed by atoms with E-state index in [1.807, 2.05) is 11.8 Å². The third-order valence-corrected chi connectivity index (χ3v) is 4.23. The molecule has 128 valence electrons. The average Bonchev–Trinajstić information content (AvgIpc) is 3.07. The third kappa shape index (κ3) is 3.17. The first kappa shape index (κ1) is 16.2. The molecule has 1 aliphatic heterocycles. The predicted octanol–water partition coefficient (Wildman–Crippen LogP) is 1.55. The number of aromatic nitrogens is 4. The van der Waals surface area contributed by atoms with Gasteiger partial charge >= 0.3 is 0 Å². The average molecular weight is 331 g/mol. The van der Waals surface area contributed by atoms with E-state index in [4.69, 9.17) is 9.47 Å². The van der Waals surface area contributed by atoms with E-state index in [-0.39, 0.29) is 17.7 Å². The molecule has 2 aromatic rings. The van der Waals surface area contributed by atoms with E-state index in [0.717, 1.165) is 24.5 Å². The van der Waals surface area contributed by atoms with Gasteiger partial charge in [0.2, 0.25) is 11.8 Å². The highest BCUT2D eigenvalue weighted by Gasteiger charge is 2.28. The zero-order valence-electron chi connectivity index (χ0n) is 14.1. The monoisotopic (exact) mass is 331 g/mol. The first-order valence-corrected chi connectivity index (χ1v) is 7.89. The number of amides is 1. The van der Waals surface area contributed by atoms with Crippen molar-refractivity contribution >= 4 is 5.91 Å². The summed E-state index contributed by atoms with van der Waals surface area (Å²) in [5.41, 5.74) is 0.450. The van der Waals surface area contributed by atoms with Crippen LogP contribution >= 0.6 is 0 Å². The maximum atomic E-state index is 12.8. The summed E-state index contributed by atoms with van der Waals surface area (Å²) in [5, 5.41) is 7.10. The van der Waals surface area contributed by atoms with Crippen LogP contribution in [0.1, 0.15) is 40.8 Å². The minimum absolute atomic E-state index is 0.0772. The molecule has 1 fully saturated rings. The lowest BCUT2D eigenvalue weighted by molar-refractivity contribution is 0.0706. The standard InChI is InChI=1S/C16H21N5O3/c1-10-17-14(20-19-10)11-6-8-21(9-7-11)16(22)12-4-5-13(23-2)18-15(12)24-3/h4-5,11H,6-9H2,1-3H3,(H,17,19,20). The van der Waals surface area contributed by atoms with Gasteiger partial charge in [0, 0.05) is 25.1 Å². The quantitative estimate of drug-likeness (QED) is 0.913. The van der Waals surface area contributed by atoms with Crippen molar-refractivity contribution in [2.75, 3.05) is 27.3 Å². The van der Waals surface area contributed by atoms with Gasteiger partial charge < -0.3 is 14.4 Å². The van der Waals surface area contributed by atoms with Crippen molar-refractivity contribution in [3.63, 3.8) is 0 Å². The van der Waals surface area contributed by atoms with E-state index in [0.29, 0.717) is 24.5 Å². The molecule has 8 nitrogen and oxygen atoms in total. The maximum absolute atomic E-state index is 12.8. The number of carbonyl (C=O) groups excluding carboxylic acids is 1. The number of aryl methyl sites for hydroxylation is 1. The summed E-state index contributed by atoms with van der Waals surface area (Å²) in [7, 11) is 3.02. The summed E-state index contributed by atoms with van der Waals surface area (Å²) in [5.74, 6) is 2.57. The third-order valence-electron chi connectivity index (χ3n) is 4.23. The Bertz CT molecular complexity index is 722.